The topological polar surface area (TPSA) is 78.9 Å². The molecule has 0 radical (unpaired) electrons. The van der Waals surface area contributed by atoms with Gasteiger partial charge in [0.1, 0.15) is 0 Å². The molecule has 0 bridgehead atoms. The van der Waals surface area contributed by atoms with Crippen molar-refractivity contribution in [1.29, 1.82) is 0 Å². The van der Waals surface area contributed by atoms with E-state index in [0.717, 1.165) is 50.9 Å². The normalized spacial score (nSPS) is 14.7. The summed E-state index contributed by atoms with van der Waals surface area (Å²) in [5.74, 6) is -2.58. The van der Waals surface area contributed by atoms with Crippen LogP contribution in [0.2, 0.25) is 0 Å². The zero-order valence-electron chi connectivity index (χ0n) is 22.7. The molecular weight excluding hydrogens is 516 g/mol. The second-order valence-electron chi connectivity index (χ2n) is 10.3. The average molecular weight is 547 g/mol. The number of esters is 2. The maximum Gasteiger partial charge on any atom is 0.349 e. The number of benzene rings is 4. The third-order valence-electron chi connectivity index (χ3n) is 8.02. The number of hydrogen-bond acceptors (Lipinski definition) is 6. The number of fused-ring (bicyclic) bond motifs is 6. The minimum absolute atomic E-state index is 0.219. The Morgan fingerprint density at radius 3 is 1.49 bits per heavy atom. The largest absolute Gasteiger partial charge is 0.463 e. The van der Waals surface area contributed by atoms with Crippen LogP contribution >= 0.6 is 0 Å². The lowest BCUT2D eigenvalue weighted by molar-refractivity contribution is -0.177. The van der Waals surface area contributed by atoms with Gasteiger partial charge >= 0.3 is 11.9 Å². The fraction of sp³-hybridized carbons (Fsp3) is 0.229. The summed E-state index contributed by atoms with van der Waals surface area (Å²) in [6, 6.07) is 31.1. The molecule has 4 aromatic rings. The fourth-order valence-electron chi connectivity index (χ4n) is 6.22. The minimum Gasteiger partial charge on any atom is -0.463 e. The van der Waals surface area contributed by atoms with Crippen LogP contribution in [0, 0.1) is 0 Å². The minimum atomic E-state index is -1.30. The van der Waals surface area contributed by atoms with E-state index in [4.69, 9.17) is 14.2 Å². The van der Waals surface area contributed by atoms with Gasteiger partial charge in [0.25, 0.3) is 6.47 Å². The molecule has 0 saturated heterocycles. The molecule has 0 aliphatic heterocycles. The quantitative estimate of drug-likeness (QED) is 0.0990. The van der Waals surface area contributed by atoms with Gasteiger partial charge in [-0.3, -0.25) is 4.79 Å². The second kappa shape index (κ2) is 11.4. The molecule has 0 amide bonds. The lowest BCUT2D eigenvalue weighted by atomic mass is 9.89. The Bertz CT molecular complexity index is 1520. The molecule has 0 fully saturated rings. The van der Waals surface area contributed by atoms with E-state index < -0.39 is 36.0 Å². The fourth-order valence-corrected chi connectivity index (χ4v) is 6.22. The van der Waals surface area contributed by atoms with Gasteiger partial charge in [0.15, 0.2) is 0 Å². The molecule has 2 aliphatic rings. The van der Waals surface area contributed by atoms with Gasteiger partial charge in [0, 0.05) is 0 Å². The summed E-state index contributed by atoms with van der Waals surface area (Å²) in [6.07, 6.45) is -1.02. The van der Waals surface area contributed by atoms with Crippen LogP contribution < -0.4 is 0 Å². The third-order valence-corrected chi connectivity index (χ3v) is 8.02. The van der Waals surface area contributed by atoms with Crippen molar-refractivity contribution in [3.63, 3.8) is 0 Å². The van der Waals surface area contributed by atoms with Crippen molar-refractivity contribution in [3.8, 4) is 22.3 Å². The Morgan fingerprint density at radius 1 is 0.659 bits per heavy atom. The van der Waals surface area contributed by atoms with E-state index in [0.29, 0.717) is 6.42 Å². The monoisotopic (exact) mass is 546 g/mol. The van der Waals surface area contributed by atoms with Gasteiger partial charge in [-0.15, -0.1) is 0 Å². The Labute approximate surface area is 238 Å². The number of carbonyl (C=O) groups is 3. The van der Waals surface area contributed by atoms with E-state index in [1.54, 1.807) is 0 Å². The van der Waals surface area contributed by atoms with Crippen LogP contribution in [0.1, 0.15) is 53.9 Å². The summed E-state index contributed by atoms with van der Waals surface area (Å²) in [5.41, 5.74) is 7.37. The number of carbonyl (C=O) groups excluding carboxylic acids is 3. The van der Waals surface area contributed by atoms with Gasteiger partial charge in [-0.1, -0.05) is 110 Å². The van der Waals surface area contributed by atoms with Gasteiger partial charge in [-0.05, 0) is 50.9 Å². The molecule has 0 aromatic heterocycles. The van der Waals surface area contributed by atoms with Crippen LogP contribution in [0.3, 0.4) is 0 Å². The number of ether oxygens (including phenoxy) is 3. The molecule has 206 valence electrons. The molecule has 0 heterocycles. The van der Waals surface area contributed by atoms with Gasteiger partial charge in [0.2, 0.25) is 12.2 Å². The molecule has 2 unspecified atom stereocenters. The van der Waals surface area contributed by atoms with Crippen LogP contribution in [-0.2, 0) is 28.6 Å². The highest BCUT2D eigenvalue weighted by atomic mass is 16.6. The molecule has 4 aromatic carbocycles. The number of unbranched alkanes of at least 4 members (excludes halogenated alkanes) is 1. The lowest BCUT2D eigenvalue weighted by Gasteiger charge is -2.28. The van der Waals surface area contributed by atoms with Gasteiger partial charge in [-0.2, -0.15) is 0 Å². The Morgan fingerprint density at radius 2 is 1.07 bits per heavy atom. The average Bonchev–Trinajstić information content (AvgIpc) is 3.52. The molecule has 2 aliphatic carbocycles. The first kappa shape index (κ1) is 26.5. The predicted molar refractivity (Wildman–Crippen MR) is 154 cm³/mol. The van der Waals surface area contributed by atoms with Crippen molar-refractivity contribution in [3.05, 3.63) is 119 Å². The van der Waals surface area contributed by atoms with E-state index in [2.05, 4.69) is 0 Å². The third kappa shape index (κ3) is 4.69. The molecular formula is C35H30O6. The summed E-state index contributed by atoms with van der Waals surface area (Å²) in [7, 11) is 0. The Kier molecular flexibility index (Phi) is 7.38. The van der Waals surface area contributed by atoms with E-state index in [1.807, 2.05) is 104 Å². The maximum atomic E-state index is 14.1. The molecule has 0 N–H and O–H groups in total. The molecule has 6 heteroatoms. The maximum absolute atomic E-state index is 14.1. The predicted octanol–water partition coefficient (Wildman–Crippen LogP) is 6.41. The Hall–Kier alpha value is -4.71. The van der Waals surface area contributed by atoms with Crippen molar-refractivity contribution in [2.75, 3.05) is 6.61 Å². The van der Waals surface area contributed by atoms with Crippen LogP contribution in [0.5, 0.6) is 0 Å². The Balaban J connectivity index is 1.40. The highest BCUT2D eigenvalue weighted by Gasteiger charge is 2.46. The number of rotatable bonds is 10. The van der Waals surface area contributed by atoms with Crippen LogP contribution in [0.4, 0.5) is 0 Å². The van der Waals surface area contributed by atoms with E-state index in [9.17, 15) is 14.4 Å². The summed E-state index contributed by atoms with van der Waals surface area (Å²) in [4.78, 5) is 39.5. The van der Waals surface area contributed by atoms with Crippen molar-refractivity contribution in [1.82, 2.24) is 0 Å². The first-order valence-electron chi connectivity index (χ1n) is 14.0. The van der Waals surface area contributed by atoms with E-state index in [1.165, 1.54) is 0 Å². The van der Waals surface area contributed by atoms with Crippen LogP contribution in [0.15, 0.2) is 97.1 Å². The molecule has 2 atom stereocenters. The smallest absolute Gasteiger partial charge is 0.349 e. The highest BCUT2D eigenvalue weighted by Crippen LogP contribution is 2.49. The summed E-state index contributed by atoms with van der Waals surface area (Å²) < 4.78 is 17.2. The van der Waals surface area contributed by atoms with E-state index >= 15 is 0 Å². The second-order valence-corrected chi connectivity index (χ2v) is 10.3. The summed E-state index contributed by atoms with van der Waals surface area (Å²) in [6.45, 7) is 2.49. The molecule has 6 rings (SSSR count). The van der Waals surface area contributed by atoms with E-state index in [-0.39, 0.29) is 13.1 Å². The summed E-state index contributed by atoms with van der Waals surface area (Å²) in [5, 5.41) is 0. The highest BCUT2D eigenvalue weighted by molar-refractivity contribution is 5.89. The lowest BCUT2D eigenvalue weighted by Crippen LogP contribution is -2.40. The van der Waals surface area contributed by atoms with Gasteiger partial charge < -0.3 is 14.2 Å². The van der Waals surface area contributed by atoms with Crippen molar-refractivity contribution in [2.24, 2.45) is 0 Å². The van der Waals surface area contributed by atoms with Crippen molar-refractivity contribution < 1.29 is 28.6 Å². The first-order chi connectivity index (χ1) is 20.1. The zero-order chi connectivity index (χ0) is 28.3. The van der Waals surface area contributed by atoms with Crippen molar-refractivity contribution >= 4 is 18.4 Å². The van der Waals surface area contributed by atoms with Gasteiger partial charge in [0.05, 0.1) is 18.4 Å². The molecule has 6 nitrogen and oxygen atoms in total. The molecule has 0 saturated carbocycles. The number of hydrogen-bond donors (Lipinski definition) is 0. The van der Waals surface area contributed by atoms with Crippen LogP contribution in [0.25, 0.3) is 22.3 Å². The SMILES string of the molecule is CCCCOC(=O)C(OC(=O)C(OC=O)C1c2ccccc2-c2ccccc21)C1c2ccccc2-c2ccccc21. The molecule has 0 spiro atoms. The zero-order valence-corrected chi connectivity index (χ0v) is 22.7. The molecule has 41 heavy (non-hydrogen) atoms. The summed E-state index contributed by atoms with van der Waals surface area (Å²) >= 11 is 0. The first-order valence-corrected chi connectivity index (χ1v) is 14.0. The van der Waals surface area contributed by atoms with Crippen LogP contribution in [-0.4, -0.2) is 37.2 Å². The standard InChI is InChI=1S/C35H30O6/c1-2-3-20-39-34(37)33(31-28-18-10-6-14-24(28)25-15-7-11-19-29(25)31)41-35(38)32(40-21-36)30-26-16-8-4-12-22(26)23-13-5-9-17-27(23)30/h4-19,21,30-33H,2-3,20H2,1H3. The van der Waals surface area contributed by atoms with Crippen molar-refractivity contribution in [2.45, 2.75) is 43.8 Å². The van der Waals surface area contributed by atoms with Gasteiger partial charge in [-0.25, -0.2) is 9.59 Å².